The highest BCUT2D eigenvalue weighted by Crippen LogP contribution is 2.21. The predicted molar refractivity (Wildman–Crippen MR) is 142 cm³/mol. The van der Waals surface area contributed by atoms with Crippen molar-refractivity contribution in [3.05, 3.63) is 35.4 Å². The van der Waals surface area contributed by atoms with Crippen LogP contribution in [0.15, 0.2) is 18.2 Å². The molecule has 0 aliphatic carbocycles. The van der Waals surface area contributed by atoms with E-state index in [1.54, 1.807) is 6.92 Å². The predicted octanol–water partition coefficient (Wildman–Crippen LogP) is 2.70. The molecule has 11 heteroatoms. The number of Topliss-reactive ketones (excluding diaryl/α,β-unsaturated/α-hetero) is 1. The molecule has 1 aliphatic rings. The molecule has 3 amide bonds. The summed E-state index contributed by atoms with van der Waals surface area (Å²) in [5.74, 6) is -4.17. The van der Waals surface area contributed by atoms with Gasteiger partial charge >= 0.3 is 0 Å². The highest BCUT2D eigenvalue weighted by atomic mass is 32.2. The molecule has 0 radical (unpaired) electrons. The van der Waals surface area contributed by atoms with E-state index in [0.29, 0.717) is 12.8 Å². The molecule has 2 unspecified atom stereocenters. The van der Waals surface area contributed by atoms with Gasteiger partial charge in [0.1, 0.15) is 12.1 Å². The van der Waals surface area contributed by atoms with Crippen LogP contribution in [-0.2, 0) is 36.4 Å². The zero-order valence-corrected chi connectivity index (χ0v) is 23.1. The van der Waals surface area contributed by atoms with Crippen molar-refractivity contribution in [1.82, 2.24) is 16.0 Å². The Kier molecular flexibility index (Phi) is 13.0. The Balaban J connectivity index is 2.04. The van der Waals surface area contributed by atoms with E-state index in [2.05, 4.69) is 16.0 Å². The van der Waals surface area contributed by atoms with E-state index in [1.165, 1.54) is 6.07 Å². The van der Waals surface area contributed by atoms with Gasteiger partial charge in [0.2, 0.25) is 17.6 Å². The largest absolute Gasteiger partial charge is 0.350 e. The first-order valence-electron chi connectivity index (χ1n) is 13.2. The number of carbonyl (C=O) groups excluding carboxylic acids is 4. The Labute approximate surface area is 225 Å². The summed E-state index contributed by atoms with van der Waals surface area (Å²) in [7, 11) is -0.778. The molecule has 1 aromatic rings. The molecule has 1 saturated heterocycles. The number of rotatable bonds is 15. The molecule has 3 N–H and O–H groups in total. The smallest absolute Gasteiger partial charge is 0.289 e. The van der Waals surface area contributed by atoms with Gasteiger partial charge in [-0.15, -0.1) is 0 Å². The third kappa shape index (κ3) is 10.2. The molecule has 0 aromatic heterocycles. The number of ketones is 1. The lowest BCUT2D eigenvalue weighted by molar-refractivity contribution is -0.140. The maximum atomic E-state index is 13.7. The van der Waals surface area contributed by atoms with Gasteiger partial charge in [-0.05, 0) is 62.6 Å². The Bertz CT molecular complexity index is 1020. The first-order valence-corrected chi connectivity index (χ1v) is 14.6. The van der Waals surface area contributed by atoms with Crippen molar-refractivity contribution in [1.29, 1.82) is 0 Å². The molecule has 2 rings (SSSR count). The normalized spacial score (nSPS) is 18.6. The zero-order chi connectivity index (χ0) is 28.2. The SMILES string of the molecule is CCNC(=O)C(=O)[C@H](Cc1ccc(F)c(F)c1)NC(=O)[C@H](CC(C)C)NC(=O)CCCCC1CCCS1=O. The molecular weight excluding hydrogens is 516 g/mol. The Morgan fingerprint density at radius 2 is 1.79 bits per heavy atom. The second-order valence-corrected chi connectivity index (χ2v) is 11.9. The monoisotopic (exact) mass is 555 g/mol. The van der Waals surface area contributed by atoms with E-state index in [9.17, 15) is 32.2 Å². The second kappa shape index (κ2) is 15.7. The van der Waals surface area contributed by atoms with E-state index in [4.69, 9.17) is 0 Å². The zero-order valence-electron chi connectivity index (χ0n) is 22.3. The van der Waals surface area contributed by atoms with Crippen LogP contribution < -0.4 is 16.0 Å². The van der Waals surface area contributed by atoms with E-state index in [0.717, 1.165) is 43.6 Å². The van der Waals surface area contributed by atoms with Crippen molar-refractivity contribution in [3.8, 4) is 0 Å². The van der Waals surface area contributed by atoms with Crippen molar-refractivity contribution >= 4 is 34.3 Å². The fourth-order valence-electron chi connectivity index (χ4n) is 4.44. The number of carbonyl (C=O) groups is 4. The third-order valence-electron chi connectivity index (χ3n) is 6.40. The fourth-order valence-corrected chi connectivity index (χ4v) is 6.09. The van der Waals surface area contributed by atoms with Gasteiger partial charge in [0, 0.05) is 41.2 Å². The molecule has 1 heterocycles. The Morgan fingerprint density at radius 3 is 2.39 bits per heavy atom. The maximum absolute atomic E-state index is 13.7. The van der Waals surface area contributed by atoms with Crippen LogP contribution in [0.4, 0.5) is 8.78 Å². The maximum Gasteiger partial charge on any atom is 0.289 e. The van der Waals surface area contributed by atoms with Crippen LogP contribution in [0, 0.1) is 17.6 Å². The molecule has 212 valence electrons. The molecule has 0 bridgehead atoms. The van der Waals surface area contributed by atoms with E-state index in [-0.39, 0.29) is 42.0 Å². The van der Waals surface area contributed by atoms with E-state index < -0.39 is 52.1 Å². The van der Waals surface area contributed by atoms with Crippen LogP contribution in [-0.4, -0.2) is 57.3 Å². The molecule has 0 saturated carbocycles. The van der Waals surface area contributed by atoms with Gasteiger partial charge in [-0.1, -0.05) is 26.3 Å². The molecule has 8 nitrogen and oxygen atoms in total. The minimum atomic E-state index is -1.34. The minimum Gasteiger partial charge on any atom is -0.350 e. The third-order valence-corrected chi connectivity index (χ3v) is 8.31. The van der Waals surface area contributed by atoms with Gasteiger partial charge in [-0.25, -0.2) is 8.78 Å². The van der Waals surface area contributed by atoms with Crippen LogP contribution >= 0.6 is 0 Å². The van der Waals surface area contributed by atoms with E-state index in [1.807, 2.05) is 13.8 Å². The topological polar surface area (TPSA) is 121 Å². The molecule has 0 spiro atoms. The molecular formula is C27H39F2N3O5S. The molecule has 1 fully saturated rings. The van der Waals surface area contributed by atoms with Crippen LogP contribution in [0.25, 0.3) is 0 Å². The molecule has 1 aromatic carbocycles. The van der Waals surface area contributed by atoms with Crippen LogP contribution in [0.2, 0.25) is 0 Å². The van der Waals surface area contributed by atoms with Gasteiger partial charge in [0.25, 0.3) is 5.91 Å². The standard InChI is InChI=1S/C27H39F2N3O5S/c1-4-30-27(36)25(34)22(16-18-11-12-20(28)21(29)15-18)32-26(35)23(14-17(2)3)31-24(33)10-6-5-8-19-9-7-13-38(19)37/h11-12,15,17,19,22-23H,4-10,13-14,16H2,1-3H3,(H,30,36)(H,31,33)(H,32,35)/t19?,22-,23-,38?/m0/s1. The summed E-state index contributed by atoms with van der Waals surface area (Å²) in [6, 6.07) is 0.814. The number of hydrogen-bond donors (Lipinski definition) is 3. The summed E-state index contributed by atoms with van der Waals surface area (Å²) in [5, 5.41) is 7.86. The quantitative estimate of drug-likeness (QED) is 0.227. The second-order valence-electron chi connectivity index (χ2n) is 10.1. The van der Waals surface area contributed by atoms with Gasteiger partial charge in [-0.2, -0.15) is 0 Å². The molecule has 1 aliphatic heterocycles. The summed E-state index contributed by atoms with van der Waals surface area (Å²) in [4.78, 5) is 50.8. The molecule has 4 atom stereocenters. The summed E-state index contributed by atoms with van der Waals surface area (Å²) in [6.07, 6.45) is 4.38. The number of nitrogens with one attached hydrogen (secondary N) is 3. The van der Waals surface area contributed by atoms with Crippen LogP contribution in [0.1, 0.15) is 71.3 Å². The number of halogens is 2. The van der Waals surface area contributed by atoms with Crippen molar-refractivity contribution in [2.45, 2.75) is 89.5 Å². The van der Waals surface area contributed by atoms with Gasteiger partial charge < -0.3 is 16.0 Å². The Hall–Kier alpha value is -2.69. The lowest BCUT2D eigenvalue weighted by Gasteiger charge is -2.24. The summed E-state index contributed by atoms with van der Waals surface area (Å²) in [6.45, 7) is 5.59. The van der Waals surface area contributed by atoms with Crippen molar-refractivity contribution in [2.24, 2.45) is 5.92 Å². The lowest BCUT2D eigenvalue weighted by Crippen LogP contribution is -2.54. The summed E-state index contributed by atoms with van der Waals surface area (Å²) >= 11 is 0. The van der Waals surface area contributed by atoms with Crippen LogP contribution in [0.3, 0.4) is 0 Å². The number of hydrogen-bond acceptors (Lipinski definition) is 5. The van der Waals surface area contributed by atoms with Crippen molar-refractivity contribution < 1.29 is 32.2 Å². The highest BCUT2D eigenvalue weighted by Gasteiger charge is 2.31. The first-order chi connectivity index (χ1) is 18.0. The minimum absolute atomic E-state index is 0.0344. The van der Waals surface area contributed by atoms with Crippen molar-refractivity contribution in [3.63, 3.8) is 0 Å². The number of amides is 3. The number of likely N-dealkylation sites (N-methyl/N-ethyl adjacent to an activating group) is 1. The number of benzene rings is 1. The van der Waals surface area contributed by atoms with Gasteiger partial charge in [0.15, 0.2) is 11.6 Å². The average molecular weight is 556 g/mol. The Morgan fingerprint density at radius 1 is 1.05 bits per heavy atom. The van der Waals surface area contributed by atoms with Crippen molar-refractivity contribution in [2.75, 3.05) is 12.3 Å². The van der Waals surface area contributed by atoms with E-state index >= 15 is 0 Å². The molecule has 38 heavy (non-hydrogen) atoms. The van der Waals surface area contributed by atoms with Crippen LogP contribution in [0.5, 0.6) is 0 Å². The first kappa shape index (κ1) is 31.5. The summed E-state index contributed by atoms with van der Waals surface area (Å²) < 4.78 is 39.0. The fraction of sp³-hybridized carbons (Fsp3) is 0.630. The average Bonchev–Trinajstić information content (AvgIpc) is 3.27. The lowest BCUT2D eigenvalue weighted by atomic mass is 9.99. The highest BCUT2D eigenvalue weighted by molar-refractivity contribution is 7.85. The van der Waals surface area contributed by atoms with Gasteiger partial charge in [-0.3, -0.25) is 23.4 Å². The van der Waals surface area contributed by atoms with Gasteiger partial charge in [0.05, 0.1) is 0 Å². The number of unbranched alkanes of at least 4 members (excludes halogenated alkanes) is 1. The summed E-state index contributed by atoms with van der Waals surface area (Å²) in [5.41, 5.74) is 0.222.